The number of hydrogen-bond acceptors (Lipinski definition) is 5. The van der Waals surface area contributed by atoms with Gasteiger partial charge in [-0.1, -0.05) is 51.5 Å². The first kappa shape index (κ1) is 27.2. The maximum absolute atomic E-state index is 9.53. The lowest BCUT2D eigenvalue weighted by Crippen LogP contribution is -2.24. The second kappa shape index (κ2) is 14.3. The molecule has 2 aromatic carbocycles. The Morgan fingerprint density at radius 2 is 1.44 bits per heavy atom. The van der Waals surface area contributed by atoms with Crippen molar-refractivity contribution in [3.63, 3.8) is 0 Å². The molecule has 2 atom stereocenters. The van der Waals surface area contributed by atoms with Crippen LogP contribution in [-0.4, -0.2) is 49.6 Å². The molecule has 32 heavy (non-hydrogen) atoms. The lowest BCUT2D eigenvalue weighted by molar-refractivity contribution is 0.0451. The molecule has 2 rings (SSSR count). The molecule has 0 saturated heterocycles. The van der Waals surface area contributed by atoms with E-state index in [-0.39, 0.29) is 24.0 Å². The van der Waals surface area contributed by atoms with Crippen LogP contribution in [-0.2, 0) is 13.2 Å². The van der Waals surface area contributed by atoms with Crippen LogP contribution < -0.4 is 9.47 Å². The zero-order valence-electron chi connectivity index (χ0n) is 19.1. The molecule has 0 radical (unpaired) electrons. The molecule has 0 saturated carbocycles. The second-order valence-electron chi connectivity index (χ2n) is 8.24. The Labute approximate surface area is 211 Å². The van der Waals surface area contributed by atoms with Crippen LogP contribution in [0.3, 0.4) is 0 Å². The fourth-order valence-corrected chi connectivity index (χ4v) is 3.47. The van der Waals surface area contributed by atoms with E-state index in [0.717, 1.165) is 25.2 Å². The Hall–Kier alpha value is -1.06. The van der Waals surface area contributed by atoms with E-state index in [0.29, 0.717) is 19.0 Å². The number of unbranched alkanes of at least 4 members (excludes halogenated alkanes) is 1. The molecule has 0 spiro atoms. The average molecular weight is 577 g/mol. The highest BCUT2D eigenvalue weighted by Crippen LogP contribution is 2.33. The zero-order valence-corrected chi connectivity index (χ0v) is 22.0. The molecule has 0 aromatic heterocycles. The largest absolute Gasteiger partial charge is 0.491 e. The van der Waals surface area contributed by atoms with Gasteiger partial charge < -0.3 is 22.4 Å². The van der Waals surface area contributed by atoms with E-state index in [4.69, 9.17) is 28.9 Å². The highest BCUT2D eigenvalue weighted by Gasteiger charge is 2.23. The molecule has 2 aromatic rings. The SMILES string of the molecule is CCCCOC[C@@H](COc1ccc(C(C)(C)c2ccc(OC[C@@H](O)CCl)cc2)cc1)OI. The van der Waals surface area contributed by atoms with Crippen LogP contribution in [0.25, 0.3) is 0 Å². The average Bonchev–Trinajstić information content (AvgIpc) is 2.82. The Kier molecular flexibility index (Phi) is 12.1. The van der Waals surface area contributed by atoms with Crippen molar-refractivity contribution in [2.45, 2.75) is 51.2 Å². The third-order valence-electron chi connectivity index (χ3n) is 5.28. The van der Waals surface area contributed by atoms with E-state index in [2.05, 4.69) is 32.9 Å². The Morgan fingerprint density at radius 1 is 0.906 bits per heavy atom. The lowest BCUT2D eigenvalue weighted by atomic mass is 9.78. The van der Waals surface area contributed by atoms with Gasteiger partial charge in [-0.3, -0.25) is 0 Å². The predicted octanol–water partition coefficient (Wildman–Crippen LogP) is 5.92. The minimum Gasteiger partial charge on any atom is -0.491 e. The number of aliphatic hydroxyl groups excluding tert-OH is 1. The number of ether oxygens (including phenoxy) is 3. The molecular formula is C25H34ClIO5. The van der Waals surface area contributed by atoms with E-state index in [1.54, 1.807) is 0 Å². The van der Waals surface area contributed by atoms with E-state index in [1.165, 1.54) is 11.1 Å². The quantitative estimate of drug-likeness (QED) is 0.162. The maximum atomic E-state index is 9.53. The summed E-state index contributed by atoms with van der Waals surface area (Å²) in [5, 5.41) is 9.53. The van der Waals surface area contributed by atoms with Crippen LogP contribution in [0.5, 0.6) is 11.5 Å². The van der Waals surface area contributed by atoms with Gasteiger partial charge in [0.25, 0.3) is 0 Å². The monoisotopic (exact) mass is 576 g/mol. The van der Waals surface area contributed by atoms with Crippen molar-refractivity contribution in [2.75, 3.05) is 32.3 Å². The fraction of sp³-hybridized carbons (Fsp3) is 0.520. The van der Waals surface area contributed by atoms with Gasteiger partial charge in [-0.25, -0.2) is 0 Å². The summed E-state index contributed by atoms with van der Waals surface area (Å²) in [5.74, 6) is 1.67. The van der Waals surface area contributed by atoms with E-state index < -0.39 is 6.10 Å². The van der Waals surface area contributed by atoms with Crippen LogP contribution in [0.15, 0.2) is 48.5 Å². The highest BCUT2D eigenvalue weighted by atomic mass is 127. The number of aliphatic hydroxyl groups is 1. The van der Waals surface area contributed by atoms with Crippen molar-refractivity contribution >= 4 is 34.6 Å². The smallest absolute Gasteiger partial charge is 0.127 e. The Morgan fingerprint density at radius 3 is 1.91 bits per heavy atom. The summed E-state index contributed by atoms with van der Waals surface area (Å²) in [7, 11) is 0. The molecule has 0 aliphatic carbocycles. The molecule has 0 fully saturated rings. The third-order valence-corrected chi connectivity index (χ3v) is 6.36. The summed E-state index contributed by atoms with van der Waals surface area (Å²) < 4.78 is 22.5. The first-order chi connectivity index (χ1) is 15.4. The Bertz CT molecular complexity index is 767. The predicted molar refractivity (Wildman–Crippen MR) is 137 cm³/mol. The summed E-state index contributed by atoms with van der Waals surface area (Å²) in [6.07, 6.45) is 1.40. The van der Waals surface area contributed by atoms with Gasteiger partial charge in [0.15, 0.2) is 0 Å². The van der Waals surface area contributed by atoms with Gasteiger partial charge >= 0.3 is 0 Å². The maximum Gasteiger partial charge on any atom is 0.127 e. The molecule has 0 heterocycles. The van der Waals surface area contributed by atoms with Gasteiger partial charge in [0, 0.05) is 12.0 Å². The van der Waals surface area contributed by atoms with Gasteiger partial charge in [0.05, 0.1) is 12.5 Å². The van der Waals surface area contributed by atoms with Gasteiger partial charge in [-0.15, -0.1) is 11.6 Å². The third kappa shape index (κ3) is 8.71. The molecule has 1 N–H and O–H groups in total. The van der Waals surface area contributed by atoms with Crippen molar-refractivity contribution in [3.05, 3.63) is 59.7 Å². The summed E-state index contributed by atoms with van der Waals surface area (Å²) in [5.41, 5.74) is 2.16. The molecule has 178 valence electrons. The van der Waals surface area contributed by atoms with Crippen molar-refractivity contribution < 1.29 is 22.4 Å². The first-order valence-corrected chi connectivity index (χ1v) is 12.4. The standard InChI is InChI=1S/C25H34ClIO5/c1-4-5-14-29-17-24(32-27)18-31-23-12-8-20(9-13-23)25(2,3)19-6-10-22(11-7-19)30-16-21(28)15-26/h6-13,21,24,28H,4-5,14-18H2,1-3H3/t21-,24-/m0/s1. The molecule has 5 nitrogen and oxygen atoms in total. The molecule has 0 amide bonds. The molecule has 0 aliphatic heterocycles. The number of alkyl halides is 1. The van der Waals surface area contributed by atoms with Gasteiger partial charge in [0.2, 0.25) is 0 Å². The number of benzene rings is 2. The summed E-state index contributed by atoms with van der Waals surface area (Å²) in [6.45, 7) is 8.41. The molecule has 0 unspecified atom stereocenters. The van der Waals surface area contributed by atoms with Crippen molar-refractivity contribution in [3.8, 4) is 11.5 Å². The number of halogens is 2. The van der Waals surface area contributed by atoms with E-state index in [1.807, 2.05) is 59.4 Å². The molecule has 0 bridgehead atoms. The summed E-state index contributed by atoms with van der Waals surface area (Å²) in [6, 6.07) is 16.1. The van der Waals surface area contributed by atoms with Crippen molar-refractivity contribution in [1.82, 2.24) is 0 Å². The summed E-state index contributed by atoms with van der Waals surface area (Å²) >= 11 is 7.50. The van der Waals surface area contributed by atoms with Gasteiger partial charge in [-0.05, 0) is 41.8 Å². The van der Waals surface area contributed by atoms with Crippen LogP contribution in [0.1, 0.15) is 44.7 Å². The first-order valence-electron chi connectivity index (χ1n) is 11.0. The minimum atomic E-state index is -0.666. The topological polar surface area (TPSA) is 57.2 Å². The van der Waals surface area contributed by atoms with Crippen LogP contribution in [0.2, 0.25) is 0 Å². The number of hydrogen-bond donors (Lipinski definition) is 1. The van der Waals surface area contributed by atoms with E-state index in [9.17, 15) is 5.11 Å². The second-order valence-corrected chi connectivity index (χ2v) is 9.06. The van der Waals surface area contributed by atoms with E-state index >= 15 is 0 Å². The minimum absolute atomic E-state index is 0.102. The lowest BCUT2D eigenvalue weighted by Gasteiger charge is -2.26. The van der Waals surface area contributed by atoms with Crippen molar-refractivity contribution in [1.29, 1.82) is 0 Å². The van der Waals surface area contributed by atoms with Crippen LogP contribution in [0, 0.1) is 0 Å². The molecule has 7 heteroatoms. The number of rotatable bonds is 15. The zero-order chi connectivity index (χ0) is 23.4. The van der Waals surface area contributed by atoms with Crippen LogP contribution >= 0.6 is 34.6 Å². The Balaban J connectivity index is 1.92. The molecular weight excluding hydrogens is 543 g/mol. The normalized spacial score (nSPS) is 13.6. The van der Waals surface area contributed by atoms with Gasteiger partial charge in [0.1, 0.15) is 59.9 Å². The summed E-state index contributed by atoms with van der Waals surface area (Å²) in [4.78, 5) is 0. The highest BCUT2D eigenvalue weighted by molar-refractivity contribution is 14.1. The fourth-order valence-electron chi connectivity index (χ4n) is 3.09. The van der Waals surface area contributed by atoms with Crippen molar-refractivity contribution in [2.24, 2.45) is 0 Å². The molecule has 0 aliphatic rings. The van der Waals surface area contributed by atoms with Crippen LogP contribution in [0.4, 0.5) is 0 Å². The van der Waals surface area contributed by atoms with Gasteiger partial charge in [-0.2, -0.15) is 0 Å².